The van der Waals surface area contributed by atoms with Gasteiger partial charge >= 0.3 is 12.0 Å². The van der Waals surface area contributed by atoms with Crippen molar-refractivity contribution in [3.8, 4) is 0 Å². The quantitative estimate of drug-likeness (QED) is 0.744. The molecule has 0 aliphatic heterocycles. The van der Waals surface area contributed by atoms with Gasteiger partial charge < -0.3 is 15.3 Å². The second-order valence-corrected chi connectivity index (χ2v) is 6.74. The largest absolute Gasteiger partial charge is 0.480 e. The monoisotopic (exact) mass is 297 g/mol. The Morgan fingerprint density at radius 2 is 1.90 bits per heavy atom. The van der Waals surface area contributed by atoms with Crippen molar-refractivity contribution in [3.05, 3.63) is 0 Å². The highest BCUT2D eigenvalue weighted by atomic mass is 16.4. The van der Waals surface area contributed by atoms with Gasteiger partial charge in [-0.1, -0.05) is 0 Å². The van der Waals surface area contributed by atoms with Gasteiger partial charge in [0.05, 0.1) is 6.54 Å². The number of carbonyl (C=O) groups excluding carboxylic acids is 1. The normalized spacial score (nSPS) is 24.8. The van der Waals surface area contributed by atoms with Crippen molar-refractivity contribution in [2.45, 2.75) is 57.7 Å². The number of hydrogen-bond donors (Lipinski definition) is 2. The van der Waals surface area contributed by atoms with Crippen LogP contribution in [0.4, 0.5) is 4.79 Å². The summed E-state index contributed by atoms with van der Waals surface area (Å²) in [5.74, 6) is -0.0762. The summed E-state index contributed by atoms with van der Waals surface area (Å²) in [5, 5.41) is 12.0. The molecule has 2 fully saturated rings. The van der Waals surface area contributed by atoms with E-state index in [1.54, 1.807) is 11.9 Å². The highest BCUT2D eigenvalue weighted by Gasteiger charge is 2.38. The molecule has 0 radical (unpaired) electrons. The van der Waals surface area contributed by atoms with E-state index < -0.39 is 5.97 Å². The second kappa shape index (κ2) is 6.64. The fraction of sp³-hybridized carbons (Fsp3) is 0.867. The summed E-state index contributed by atoms with van der Waals surface area (Å²) in [6.07, 6.45) is 4.17. The van der Waals surface area contributed by atoms with Crippen molar-refractivity contribution in [1.82, 2.24) is 15.1 Å². The van der Waals surface area contributed by atoms with E-state index in [1.807, 2.05) is 13.8 Å². The van der Waals surface area contributed by atoms with E-state index in [1.165, 1.54) is 12.8 Å². The Hall–Kier alpha value is -1.30. The second-order valence-electron chi connectivity index (χ2n) is 6.74. The zero-order valence-corrected chi connectivity index (χ0v) is 13.2. The van der Waals surface area contributed by atoms with Crippen LogP contribution >= 0.6 is 0 Å². The van der Waals surface area contributed by atoms with Crippen molar-refractivity contribution < 1.29 is 14.7 Å². The van der Waals surface area contributed by atoms with Gasteiger partial charge in [0.25, 0.3) is 0 Å². The molecular weight excluding hydrogens is 270 g/mol. The van der Waals surface area contributed by atoms with E-state index in [-0.39, 0.29) is 24.7 Å². The van der Waals surface area contributed by atoms with Crippen molar-refractivity contribution in [2.24, 2.45) is 5.92 Å². The van der Waals surface area contributed by atoms with E-state index in [0.717, 1.165) is 19.4 Å². The van der Waals surface area contributed by atoms with E-state index in [0.29, 0.717) is 12.0 Å². The summed E-state index contributed by atoms with van der Waals surface area (Å²) in [6, 6.07) is 0.621. The van der Waals surface area contributed by atoms with E-state index >= 15 is 0 Å². The summed E-state index contributed by atoms with van der Waals surface area (Å²) in [4.78, 5) is 26.7. The minimum atomic E-state index is -0.761. The van der Waals surface area contributed by atoms with Crippen LogP contribution < -0.4 is 5.32 Å². The lowest BCUT2D eigenvalue weighted by Gasteiger charge is -2.43. The number of carbonyl (C=O) groups is 2. The first-order valence-corrected chi connectivity index (χ1v) is 7.86. The third-order valence-electron chi connectivity index (χ3n) is 4.58. The topological polar surface area (TPSA) is 72.9 Å². The zero-order valence-electron chi connectivity index (χ0n) is 13.2. The average molecular weight is 297 g/mol. The van der Waals surface area contributed by atoms with Crippen LogP contribution in [0.25, 0.3) is 0 Å². The maximum Gasteiger partial charge on any atom is 0.317 e. The molecule has 0 heterocycles. The predicted molar refractivity (Wildman–Crippen MR) is 80.2 cm³/mol. The van der Waals surface area contributed by atoms with Gasteiger partial charge in [0.15, 0.2) is 0 Å². The molecule has 0 spiro atoms. The molecule has 0 saturated heterocycles. The van der Waals surface area contributed by atoms with Crippen LogP contribution in [0, 0.1) is 5.92 Å². The maximum atomic E-state index is 11.9. The van der Waals surface area contributed by atoms with Gasteiger partial charge in [-0.05, 0) is 45.4 Å². The highest BCUT2D eigenvalue weighted by molar-refractivity contribution is 5.74. The van der Waals surface area contributed by atoms with Gasteiger partial charge in [-0.3, -0.25) is 9.69 Å². The summed E-state index contributed by atoms with van der Waals surface area (Å²) in [7, 11) is 1.79. The van der Waals surface area contributed by atoms with Crippen LogP contribution in [0.2, 0.25) is 0 Å². The smallest absolute Gasteiger partial charge is 0.317 e. The predicted octanol–water partition coefficient (Wildman–Crippen LogP) is 1.36. The Morgan fingerprint density at radius 3 is 2.38 bits per heavy atom. The molecule has 0 unspecified atom stereocenters. The molecule has 2 aliphatic carbocycles. The summed E-state index contributed by atoms with van der Waals surface area (Å²) >= 11 is 0. The van der Waals surface area contributed by atoms with E-state index in [9.17, 15) is 9.59 Å². The van der Waals surface area contributed by atoms with Crippen molar-refractivity contribution in [1.29, 1.82) is 0 Å². The first-order chi connectivity index (χ1) is 9.86. The zero-order chi connectivity index (χ0) is 15.6. The Kier molecular flexibility index (Phi) is 5.08. The molecule has 2 saturated carbocycles. The summed E-state index contributed by atoms with van der Waals surface area (Å²) < 4.78 is 0. The molecule has 2 aliphatic rings. The van der Waals surface area contributed by atoms with Crippen LogP contribution in [0.15, 0.2) is 0 Å². The summed E-state index contributed by atoms with van der Waals surface area (Å²) in [6.45, 7) is 4.97. The number of hydrogen-bond acceptors (Lipinski definition) is 3. The lowest BCUT2D eigenvalue weighted by Crippen LogP contribution is -2.57. The van der Waals surface area contributed by atoms with Gasteiger partial charge in [-0.25, -0.2) is 4.79 Å². The maximum absolute atomic E-state index is 11.9. The number of nitrogens with one attached hydrogen (secondary N) is 1. The molecule has 2 rings (SSSR count). The van der Waals surface area contributed by atoms with Gasteiger partial charge in [0.1, 0.15) is 0 Å². The van der Waals surface area contributed by atoms with E-state index in [4.69, 9.17) is 5.11 Å². The van der Waals surface area contributed by atoms with Gasteiger partial charge in [-0.2, -0.15) is 0 Å². The molecular formula is C15H27N3O3. The van der Waals surface area contributed by atoms with Crippen LogP contribution in [-0.4, -0.2) is 65.2 Å². The molecule has 21 heavy (non-hydrogen) atoms. The summed E-state index contributed by atoms with van der Waals surface area (Å²) in [5.41, 5.74) is 0. The number of carboxylic acid groups (broad SMARTS) is 1. The molecule has 0 bridgehead atoms. The number of aliphatic carboxylic acids is 1. The molecule has 0 aromatic rings. The lowest BCUT2D eigenvalue weighted by molar-refractivity contribution is -0.139. The van der Waals surface area contributed by atoms with E-state index in [2.05, 4.69) is 10.2 Å². The number of nitrogens with zero attached hydrogens (tertiary/aromatic N) is 2. The minimum Gasteiger partial charge on any atom is -0.480 e. The Balaban J connectivity index is 1.75. The third kappa shape index (κ3) is 4.59. The van der Waals surface area contributed by atoms with Crippen molar-refractivity contribution in [3.63, 3.8) is 0 Å². The Labute approximate surface area is 126 Å². The minimum absolute atomic E-state index is 0.0413. The first kappa shape index (κ1) is 16.1. The third-order valence-corrected chi connectivity index (χ3v) is 4.58. The van der Waals surface area contributed by atoms with Crippen LogP contribution in [0.3, 0.4) is 0 Å². The number of amides is 2. The molecule has 0 aromatic carbocycles. The molecule has 6 heteroatoms. The van der Waals surface area contributed by atoms with Crippen LogP contribution in [-0.2, 0) is 4.79 Å². The Morgan fingerprint density at radius 1 is 1.29 bits per heavy atom. The molecule has 2 N–H and O–H groups in total. The van der Waals surface area contributed by atoms with Crippen molar-refractivity contribution >= 4 is 12.0 Å². The Bertz CT molecular complexity index is 390. The molecule has 2 amide bonds. The SMILES string of the molecule is CC(C)N(C)C(=O)NC1CC(N(CC(=O)O)CC2CC2)C1. The molecule has 6 nitrogen and oxygen atoms in total. The number of carboxylic acids is 1. The first-order valence-electron chi connectivity index (χ1n) is 7.86. The number of urea groups is 1. The molecule has 120 valence electrons. The van der Waals surface area contributed by atoms with Crippen LogP contribution in [0.1, 0.15) is 39.5 Å². The molecule has 0 atom stereocenters. The van der Waals surface area contributed by atoms with Crippen molar-refractivity contribution in [2.75, 3.05) is 20.1 Å². The van der Waals surface area contributed by atoms with Crippen LogP contribution in [0.5, 0.6) is 0 Å². The molecule has 0 aromatic heterocycles. The highest BCUT2D eigenvalue weighted by Crippen LogP contribution is 2.33. The van der Waals surface area contributed by atoms with Gasteiger partial charge in [0.2, 0.25) is 0 Å². The number of rotatable bonds is 7. The lowest BCUT2D eigenvalue weighted by atomic mass is 9.85. The standard InChI is InChI=1S/C15H27N3O3/c1-10(2)17(3)15(21)16-12-6-13(7-12)18(9-14(19)20)8-11-4-5-11/h10-13H,4-9H2,1-3H3,(H,16,21)(H,19,20). The van der Waals surface area contributed by atoms with Gasteiger partial charge in [-0.15, -0.1) is 0 Å². The average Bonchev–Trinajstić information content (AvgIpc) is 3.14. The fourth-order valence-electron chi connectivity index (χ4n) is 2.66. The fourth-order valence-corrected chi connectivity index (χ4v) is 2.66. The van der Waals surface area contributed by atoms with Gasteiger partial charge in [0, 0.05) is 31.7 Å².